The first kappa shape index (κ1) is 26.5. The van der Waals surface area contributed by atoms with E-state index in [4.69, 9.17) is 37.9 Å². The van der Waals surface area contributed by atoms with Gasteiger partial charge >= 0.3 is 0 Å². The summed E-state index contributed by atoms with van der Waals surface area (Å²) >= 11 is 0. The molecule has 6 bridgehead atoms. The predicted octanol–water partition coefficient (Wildman–Crippen LogP) is 3.50. The number of ether oxygens (including phenoxy) is 8. The Morgan fingerprint density at radius 1 is 1.00 bits per heavy atom. The third-order valence-corrected chi connectivity index (χ3v) is 9.74. The molecule has 1 aromatic rings. The summed E-state index contributed by atoms with van der Waals surface area (Å²) in [6.07, 6.45) is 0.888. The summed E-state index contributed by atoms with van der Waals surface area (Å²) in [4.78, 5) is 14.8. The van der Waals surface area contributed by atoms with Gasteiger partial charge in [0.15, 0.2) is 28.6 Å². The van der Waals surface area contributed by atoms with Crippen LogP contribution in [0.4, 0.5) is 0 Å². The molecule has 8 atom stereocenters. The Bertz CT molecular complexity index is 1140. The van der Waals surface area contributed by atoms with Gasteiger partial charge in [-0.25, -0.2) is 0 Å². The second-order valence-electron chi connectivity index (χ2n) is 12.0. The highest BCUT2D eigenvalue weighted by Gasteiger charge is 3.07. The quantitative estimate of drug-likeness (QED) is 0.315. The van der Waals surface area contributed by atoms with Crippen molar-refractivity contribution in [2.24, 2.45) is 10.8 Å². The zero-order valence-electron chi connectivity index (χ0n) is 23.0. The molecule has 6 fully saturated rings. The number of benzene rings is 1. The van der Waals surface area contributed by atoms with Gasteiger partial charge in [0.25, 0.3) is 0 Å². The summed E-state index contributed by atoms with van der Waals surface area (Å²) < 4.78 is 51.1. The van der Waals surface area contributed by atoms with Crippen LogP contribution in [0.25, 0.3) is 0 Å². The van der Waals surface area contributed by atoms with Gasteiger partial charge in [-0.1, -0.05) is 43.3 Å². The first-order chi connectivity index (χ1) is 18.0. The van der Waals surface area contributed by atoms with Crippen molar-refractivity contribution >= 4 is 5.78 Å². The highest BCUT2D eigenvalue weighted by Crippen LogP contribution is 2.89. The molecule has 1 spiro atoms. The standard InChI is InChI=1S/C29H38O9/c1-8-14-26-22(34-18-32-7)24(4)16-27(38-26,35-15-19-12-10-9-11-13-19)25(5)21(33-17-31-6)20(30)28(24)29(25,26)37-23(2,3)36-28/h8-13,21-22H,1,14-18H2,2-7H3. The Kier molecular flexibility index (Phi) is 5.71. The molecule has 7 rings (SSSR count). The van der Waals surface area contributed by atoms with Crippen LogP contribution in [0.15, 0.2) is 43.0 Å². The second kappa shape index (κ2) is 8.17. The number of hydrogen-bond acceptors (Lipinski definition) is 9. The van der Waals surface area contributed by atoms with E-state index in [0.717, 1.165) is 5.56 Å². The molecule has 9 nitrogen and oxygen atoms in total. The van der Waals surface area contributed by atoms with Crippen molar-refractivity contribution in [3.8, 4) is 0 Å². The Morgan fingerprint density at radius 3 is 2.34 bits per heavy atom. The highest BCUT2D eigenvalue weighted by atomic mass is 16.8. The molecule has 3 aliphatic heterocycles. The fourth-order valence-electron chi connectivity index (χ4n) is 9.00. The number of rotatable bonds is 11. The van der Waals surface area contributed by atoms with E-state index in [9.17, 15) is 4.79 Å². The lowest BCUT2D eigenvalue weighted by Crippen LogP contribution is -2.70. The normalized spacial score (nSPS) is 47.2. The van der Waals surface area contributed by atoms with Gasteiger partial charge in [0.1, 0.15) is 31.4 Å². The molecule has 0 radical (unpaired) electrons. The van der Waals surface area contributed by atoms with Gasteiger partial charge in [-0.3, -0.25) is 4.79 Å². The van der Waals surface area contributed by atoms with Gasteiger partial charge in [0.05, 0.1) is 12.0 Å². The van der Waals surface area contributed by atoms with Crippen LogP contribution in [-0.2, 0) is 49.3 Å². The van der Waals surface area contributed by atoms with Gasteiger partial charge in [0.2, 0.25) is 0 Å². The number of ketones is 1. The topological polar surface area (TPSA) is 90.9 Å². The maximum atomic E-state index is 14.8. The van der Waals surface area contributed by atoms with Crippen molar-refractivity contribution in [2.45, 2.75) is 87.7 Å². The van der Waals surface area contributed by atoms with Crippen LogP contribution in [0.2, 0.25) is 0 Å². The second-order valence-corrected chi connectivity index (χ2v) is 12.0. The molecular formula is C29H38O9. The predicted molar refractivity (Wildman–Crippen MR) is 134 cm³/mol. The highest BCUT2D eigenvalue weighted by molar-refractivity contribution is 6.01. The summed E-state index contributed by atoms with van der Waals surface area (Å²) in [5.74, 6) is -2.53. The minimum Gasteiger partial charge on any atom is -0.359 e. The number of carbonyl (C=O) groups excluding carboxylic acids is 1. The first-order valence-electron chi connectivity index (χ1n) is 13.2. The molecule has 9 heteroatoms. The van der Waals surface area contributed by atoms with Gasteiger partial charge in [0, 0.05) is 26.1 Å². The van der Waals surface area contributed by atoms with Crippen LogP contribution in [0.3, 0.4) is 0 Å². The van der Waals surface area contributed by atoms with Crippen molar-refractivity contribution in [1.29, 1.82) is 0 Å². The summed E-state index contributed by atoms with van der Waals surface area (Å²) in [7, 11) is 3.10. The Labute approximate surface area is 223 Å². The number of Topliss-reactive ketones (excluding diaryl/α,β-unsaturated/α-hetero) is 1. The third-order valence-electron chi connectivity index (χ3n) is 9.74. The summed E-state index contributed by atoms with van der Waals surface area (Å²) in [5, 5.41) is 0. The molecule has 8 unspecified atom stereocenters. The van der Waals surface area contributed by atoms with E-state index in [-0.39, 0.29) is 26.0 Å². The molecular weight excluding hydrogens is 492 g/mol. The van der Waals surface area contributed by atoms with Gasteiger partial charge < -0.3 is 37.9 Å². The van der Waals surface area contributed by atoms with Gasteiger partial charge in [-0.05, 0) is 32.8 Å². The molecule has 3 saturated carbocycles. The van der Waals surface area contributed by atoms with E-state index in [1.807, 2.05) is 58.0 Å². The zero-order chi connectivity index (χ0) is 27.2. The van der Waals surface area contributed by atoms with E-state index in [0.29, 0.717) is 12.8 Å². The average Bonchev–Trinajstić information content (AvgIpc) is 3.32. The lowest BCUT2D eigenvalue weighted by atomic mass is 9.55. The fourth-order valence-corrected chi connectivity index (χ4v) is 9.00. The van der Waals surface area contributed by atoms with Gasteiger partial charge in [-0.15, -0.1) is 6.58 Å². The maximum absolute atomic E-state index is 14.8. The largest absolute Gasteiger partial charge is 0.359 e. The van der Waals surface area contributed by atoms with E-state index in [1.165, 1.54) is 7.11 Å². The smallest absolute Gasteiger partial charge is 0.198 e. The van der Waals surface area contributed by atoms with Crippen LogP contribution in [0.5, 0.6) is 0 Å². The summed E-state index contributed by atoms with van der Waals surface area (Å²) in [6, 6.07) is 9.89. The van der Waals surface area contributed by atoms with Gasteiger partial charge in [-0.2, -0.15) is 0 Å². The molecule has 3 saturated heterocycles. The van der Waals surface area contributed by atoms with E-state index in [1.54, 1.807) is 13.2 Å². The van der Waals surface area contributed by atoms with E-state index >= 15 is 0 Å². The fraction of sp³-hybridized carbons (Fsp3) is 0.690. The SMILES string of the molecule is C=CCC12OC3(OCc4ccccc4)CC(C)(C1OCOC)C14OC(C)(C)OC21C3(C)C(OCOC)C4=O. The molecule has 0 N–H and O–H groups in total. The maximum Gasteiger partial charge on any atom is 0.198 e. The average molecular weight is 531 g/mol. The van der Waals surface area contributed by atoms with Crippen LogP contribution in [0.1, 0.15) is 46.1 Å². The molecule has 1 aromatic carbocycles. The van der Waals surface area contributed by atoms with Crippen molar-refractivity contribution < 1.29 is 42.7 Å². The lowest BCUT2D eigenvalue weighted by Gasteiger charge is -2.56. The minimum absolute atomic E-state index is 0.0183. The van der Waals surface area contributed by atoms with Crippen molar-refractivity contribution in [3.05, 3.63) is 48.6 Å². The molecule has 208 valence electrons. The number of hydrogen-bond donors (Lipinski definition) is 0. The van der Waals surface area contributed by atoms with Crippen LogP contribution < -0.4 is 0 Å². The molecule has 6 aliphatic rings. The first-order valence-corrected chi connectivity index (χ1v) is 13.2. The Hall–Kier alpha value is -1.69. The number of methoxy groups -OCH3 is 2. The summed E-state index contributed by atoms with van der Waals surface area (Å²) in [5.41, 5.74) is -4.93. The lowest BCUT2D eigenvalue weighted by molar-refractivity contribution is -0.369. The Morgan fingerprint density at radius 2 is 1.68 bits per heavy atom. The van der Waals surface area contributed by atoms with Crippen molar-refractivity contribution in [2.75, 3.05) is 27.8 Å². The molecule has 3 aliphatic carbocycles. The molecule has 38 heavy (non-hydrogen) atoms. The van der Waals surface area contributed by atoms with E-state index in [2.05, 4.69) is 6.58 Å². The van der Waals surface area contributed by atoms with Crippen molar-refractivity contribution in [1.82, 2.24) is 0 Å². The minimum atomic E-state index is -1.42. The Balaban J connectivity index is 1.61. The molecule has 0 amide bonds. The summed E-state index contributed by atoms with van der Waals surface area (Å²) in [6.45, 7) is 12.0. The van der Waals surface area contributed by atoms with Crippen LogP contribution in [-0.4, -0.2) is 74.2 Å². The van der Waals surface area contributed by atoms with Crippen LogP contribution in [0, 0.1) is 10.8 Å². The van der Waals surface area contributed by atoms with Crippen molar-refractivity contribution in [3.63, 3.8) is 0 Å². The molecule has 3 heterocycles. The van der Waals surface area contributed by atoms with E-state index < -0.39 is 51.4 Å². The monoisotopic (exact) mass is 530 g/mol. The number of carbonyl (C=O) groups is 1. The van der Waals surface area contributed by atoms with Crippen LogP contribution >= 0.6 is 0 Å². The zero-order valence-corrected chi connectivity index (χ0v) is 23.0. The molecule has 0 aromatic heterocycles. The third kappa shape index (κ3) is 2.59.